The van der Waals surface area contributed by atoms with Gasteiger partial charge in [-0.25, -0.2) is 0 Å². The van der Waals surface area contributed by atoms with Gasteiger partial charge in [0, 0.05) is 18.7 Å². The topological polar surface area (TPSA) is 58.6 Å². The summed E-state index contributed by atoms with van der Waals surface area (Å²) in [6.07, 6.45) is 2.85. The molecule has 1 heterocycles. The van der Waals surface area contributed by atoms with Gasteiger partial charge < -0.3 is 15.0 Å². The number of hydrogen-bond acceptors (Lipinski definition) is 3. The molecule has 2 aromatic rings. The molecule has 1 N–H and O–H groups in total. The Morgan fingerprint density at radius 1 is 1.12 bits per heavy atom. The lowest BCUT2D eigenvalue weighted by atomic mass is 10.1. The number of fused-ring (bicyclic) bond motifs is 1. The normalized spacial score (nSPS) is 13.7. The van der Waals surface area contributed by atoms with Crippen LogP contribution in [0, 0.1) is 0 Å². The number of para-hydroxylation sites is 2. The minimum Gasteiger partial charge on any atom is -0.496 e. The first kappa shape index (κ1) is 18.0. The number of aryl methyl sites for hydroxylation is 1. The Hall–Kier alpha value is -2.82. The molecule has 1 aliphatic rings. The summed E-state index contributed by atoms with van der Waals surface area (Å²) in [5.74, 6) is 0.679. The molecule has 0 radical (unpaired) electrons. The largest absolute Gasteiger partial charge is 0.496 e. The van der Waals surface area contributed by atoms with Crippen LogP contribution in [0.4, 0.5) is 5.69 Å². The van der Waals surface area contributed by atoms with Crippen LogP contribution in [0.2, 0.25) is 0 Å². The van der Waals surface area contributed by atoms with Crippen LogP contribution in [0.25, 0.3) is 0 Å². The standard InChI is InChI=1S/C21H24N2O3/c1-26-19-11-5-3-8-17(19)13-14-22-20(24)15-23-18-10-4-2-7-16(18)9-6-12-21(23)25/h2-5,7-8,10-11H,6,9,12-15H2,1H3,(H,22,24). The van der Waals surface area contributed by atoms with Gasteiger partial charge in [-0.05, 0) is 42.5 Å². The molecule has 0 aromatic heterocycles. The minimum absolute atomic E-state index is 0.00910. The fourth-order valence-electron chi connectivity index (χ4n) is 3.30. The van der Waals surface area contributed by atoms with Gasteiger partial charge in [0.25, 0.3) is 0 Å². The summed E-state index contributed by atoms with van der Waals surface area (Å²) in [5.41, 5.74) is 3.03. The van der Waals surface area contributed by atoms with Crippen molar-refractivity contribution < 1.29 is 14.3 Å². The van der Waals surface area contributed by atoms with E-state index in [9.17, 15) is 9.59 Å². The molecule has 0 bridgehead atoms. The summed E-state index contributed by atoms with van der Waals surface area (Å²) in [6, 6.07) is 15.6. The maximum atomic E-state index is 12.4. The molecule has 0 saturated heterocycles. The monoisotopic (exact) mass is 352 g/mol. The van der Waals surface area contributed by atoms with Gasteiger partial charge in [0.2, 0.25) is 11.8 Å². The fraction of sp³-hybridized carbons (Fsp3) is 0.333. The summed E-state index contributed by atoms with van der Waals surface area (Å²) in [7, 11) is 1.64. The van der Waals surface area contributed by atoms with Crippen LogP contribution in [0.3, 0.4) is 0 Å². The number of nitrogens with zero attached hydrogens (tertiary/aromatic N) is 1. The highest BCUT2D eigenvalue weighted by molar-refractivity contribution is 5.99. The molecule has 2 amide bonds. The van der Waals surface area contributed by atoms with Crippen molar-refractivity contribution in [2.45, 2.75) is 25.7 Å². The zero-order valence-corrected chi connectivity index (χ0v) is 15.0. The minimum atomic E-state index is -0.148. The Bertz CT molecular complexity index is 788. The van der Waals surface area contributed by atoms with Crippen LogP contribution in [0.1, 0.15) is 24.0 Å². The molecule has 5 nitrogen and oxygen atoms in total. The third kappa shape index (κ3) is 4.23. The van der Waals surface area contributed by atoms with Crippen molar-refractivity contribution in [3.63, 3.8) is 0 Å². The average molecular weight is 352 g/mol. The summed E-state index contributed by atoms with van der Waals surface area (Å²) < 4.78 is 5.33. The molecule has 0 atom stereocenters. The highest BCUT2D eigenvalue weighted by Gasteiger charge is 2.23. The first-order chi connectivity index (χ1) is 12.7. The number of methoxy groups -OCH3 is 1. The van der Waals surface area contributed by atoms with Crippen molar-refractivity contribution in [2.75, 3.05) is 25.1 Å². The number of anilines is 1. The van der Waals surface area contributed by atoms with Gasteiger partial charge in [0.05, 0.1) is 7.11 Å². The van der Waals surface area contributed by atoms with E-state index in [1.165, 1.54) is 0 Å². The Labute approximate surface area is 154 Å². The van der Waals surface area contributed by atoms with Crippen LogP contribution in [-0.2, 0) is 22.4 Å². The van der Waals surface area contributed by atoms with Crippen LogP contribution in [0.15, 0.2) is 48.5 Å². The molecule has 0 fully saturated rings. The molecular formula is C21H24N2O3. The Kier molecular flexibility index (Phi) is 5.89. The SMILES string of the molecule is COc1ccccc1CCNC(=O)CN1C(=O)CCCc2ccccc21. The van der Waals surface area contributed by atoms with Crippen LogP contribution < -0.4 is 15.0 Å². The zero-order chi connectivity index (χ0) is 18.4. The Morgan fingerprint density at radius 3 is 2.73 bits per heavy atom. The van der Waals surface area contributed by atoms with E-state index in [0.29, 0.717) is 19.4 Å². The number of ether oxygens (including phenoxy) is 1. The van der Waals surface area contributed by atoms with Crippen LogP contribution >= 0.6 is 0 Å². The molecule has 2 aromatic carbocycles. The van der Waals surface area contributed by atoms with E-state index in [0.717, 1.165) is 35.4 Å². The number of amides is 2. The third-order valence-electron chi connectivity index (χ3n) is 4.63. The first-order valence-corrected chi connectivity index (χ1v) is 8.96. The summed E-state index contributed by atoms with van der Waals surface area (Å²) in [4.78, 5) is 26.4. The molecule has 0 unspecified atom stereocenters. The second kappa shape index (κ2) is 8.52. The van der Waals surface area contributed by atoms with Crippen molar-refractivity contribution in [3.05, 3.63) is 59.7 Å². The van der Waals surface area contributed by atoms with Crippen molar-refractivity contribution in [2.24, 2.45) is 0 Å². The Balaban J connectivity index is 1.60. The highest BCUT2D eigenvalue weighted by Crippen LogP contribution is 2.26. The van der Waals surface area contributed by atoms with Crippen LogP contribution in [0.5, 0.6) is 5.75 Å². The molecular weight excluding hydrogens is 328 g/mol. The van der Waals surface area contributed by atoms with Crippen molar-refractivity contribution in [3.8, 4) is 5.75 Å². The van der Waals surface area contributed by atoms with Gasteiger partial charge >= 0.3 is 0 Å². The quantitative estimate of drug-likeness (QED) is 0.870. The highest BCUT2D eigenvalue weighted by atomic mass is 16.5. The van der Waals surface area contributed by atoms with E-state index in [-0.39, 0.29) is 18.4 Å². The van der Waals surface area contributed by atoms with E-state index < -0.39 is 0 Å². The lowest BCUT2D eigenvalue weighted by Crippen LogP contribution is -2.41. The number of rotatable bonds is 6. The van der Waals surface area contributed by atoms with Crippen molar-refractivity contribution >= 4 is 17.5 Å². The first-order valence-electron chi connectivity index (χ1n) is 8.96. The molecule has 136 valence electrons. The average Bonchev–Trinajstić information content (AvgIpc) is 2.81. The summed E-state index contributed by atoms with van der Waals surface area (Å²) >= 11 is 0. The molecule has 0 saturated carbocycles. The van der Waals surface area contributed by atoms with Gasteiger partial charge in [-0.1, -0.05) is 36.4 Å². The number of benzene rings is 2. The second-order valence-corrected chi connectivity index (χ2v) is 6.37. The van der Waals surface area contributed by atoms with Crippen molar-refractivity contribution in [1.82, 2.24) is 5.32 Å². The van der Waals surface area contributed by atoms with Crippen LogP contribution in [-0.4, -0.2) is 32.0 Å². The van der Waals surface area contributed by atoms with E-state index in [2.05, 4.69) is 5.32 Å². The van der Waals surface area contributed by atoms with Gasteiger partial charge in [-0.2, -0.15) is 0 Å². The van der Waals surface area contributed by atoms with Gasteiger partial charge in [-0.15, -0.1) is 0 Å². The van der Waals surface area contributed by atoms with Gasteiger partial charge in [0.15, 0.2) is 0 Å². The molecule has 0 aliphatic carbocycles. The van der Waals surface area contributed by atoms with Crippen molar-refractivity contribution in [1.29, 1.82) is 0 Å². The summed E-state index contributed by atoms with van der Waals surface area (Å²) in [6.45, 7) is 0.560. The lowest BCUT2D eigenvalue weighted by molar-refractivity contribution is -0.123. The van der Waals surface area contributed by atoms with Gasteiger partial charge in [0.1, 0.15) is 12.3 Å². The maximum Gasteiger partial charge on any atom is 0.240 e. The predicted octanol–water partition coefficient (Wildman–Crippen LogP) is 2.72. The molecule has 26 heavy (non-hydrogen) atoms. The van der Waals surface area contributed by atoms with E-state index in [1.807, 2.05) is 48.5 Å². The van der Waals surface area contributed by atoms with E-state index in [1.54, 1.807) is 12.0 Å². The fourth-order valence-corrected chi connectivity index (χ4v) is 3.30. The van der Waals surface area contributed by atoms with Gasteiger partial charge in [-0.3, -0.25) is 9.59 Å². The zero-order valence-electron chi connectivity index (χ0n) is 15.0. The second-order valence-electron chi connectivity index (χ2n) is 6.37. The smallest absolute Gasteiger partial charge is 0.240 e. The van der Waals surface area contributed by atoms with E-state index >= 15 is 0 Å². The number of hydrogen-bond donors (Lipinski definition) is 1. The third-order valence-corrected chi connectivity index (χ3v) is 4.63. The molecule has 0 spiro atoms. The Morgan fingerprint density at radius 2 is 1.88 bits per heavy atom. The van der Waals surface area contributed by atoms with E-state index in [4.69, 9.17) is 4.74 Å². The maximum absolute atomic E-state index is 12.4. The summed E-state index contributed by atoms with van der Waals surface area (Å²) in [5, 5.41) is 2.91. The number of nitrogens with one attached hydrogen (secondary N) is 1. The molecule has 5 heteroatoms. The number of carbonyl (C=O) groups excluding carboxylic acids is 2. The molecule has 1 aliphatic heterocycles. The lowest BCUT2D eigenvalue weighted by Gasteiger charge is -2.22. The predicted molar refractivity (Wildman–Crippen MR) is 101 cm³/mol. The molecule has 3 rings (SSSR count). The number of carbonyl (C=O) groups is 2.